The molecule has 0 aliphatic carbocycles. The zero-order chi connectivity index (χ0) is 14.5. The average molecular weight is 272 g/mol. The number of para-hydroxylation sites is 1. The third-order valence-corrected chi connectivity index (χ3v) is 3.20. The zero-order valence-electron chi connectivity index (χ0n) is 11.9. The number of nitrogens with two attached hydrogens (primary N) is 1. The van der Waals surface area contributed by atoms with Gasteiger partial charge in [0, 0.05) is 19.0 Å². The fourth-order valence-electron chi connectivity index (χ4n) is 2.29. The summed E-state index contributed by atoms with van der Waals surface area (Å²) >= 11 is 0. The lowest BCUT2D eigenvalue weighted by atomic mass is 10.1. The van der Waals surface area contributed by atoms with Crippen LogP contribution in [0.1, 0.15) is 13.3 Å². The Kier molecular flexibility index (Phi) is 4.40. The van der Waals surface area contributed by atoms with Crippen molar-refractivity contribution in [2.24, 2.45) is 0 Å². The van der Waals surface area contributed by atoms with Crippen LogP contribution in [0.25, 0.3) is 10.9 Å². The highest BCUT2D eigenvalue weighted by atomic mass is 16.1. The Morgan fingerprint density at radius 1 is 1.40 bits per heavy atom. The van der Waals surface area contributed by atoms with Crippen LogP contribution in [0, 0.1) is 0 Å². The number of likely N-dealkylation sites (N-methyl/N-ethyl adjacent to an activating group) is 1. The monoisotopic (exact) mass is 272 g/mol. The summed E-state index contributed by atoms with van der Waals surface area (Å²) in [6, 6.07) is 7.83. The van der Waals surface area contributed by atoms with Gasteiger partial charge < -0.3 is 16.0 Å². The molecule has 1 aromatic carbocycles. The van der Waals surface area contributed by atoms with Crippen LogP contribution in [0.4, 0.5) is 11.4 Å². The van der Waals surface area contributed by atoms with Crippen molar-refractivity contribution in [1.29, 1.82) is 0 Å². The van der Waals surface area contributed by atoms with Gasteiger partial charge in [0.2, 0.25) is 5.91 Å². The number of nitrogens with zero attached hydrogens (tertiary/aromatic N) is 2. The molecule has 1 heterocycles. The summed E-state index contributed by atoms with van der Waals surface area (Å²) in [6.07, 6.45) is 2.59. The number of rotatable bonds is 5. The van der Waals surface area contributed by atoms with E-state index in [0.717, 1.165) is 29.6 Å². The fourth-order valence-corrected chi connectivity index (χ4v) is 2.29. The third-order valence-electron chi connectivity index (χ3n) is 3.20. The molecule has 0 saturated heterocycles. The lowest BCUT2D eigenvalue weighted by molar-refractivity contribution is -0.119. The van der Waals surface area contributed by atoms with Gasteiger partial charge in [-0.1, -0.05) is 25.1 Å². The number of fused-ring (bicyclic) bond motifs is 1. The first-order chi connectivity index (χ1) is 9.67. The maximum atomic E-state index is 11.7. The number of nitrogens with one attached hydrogen (secondary N) is 1. The first-order valence-corrected chi connectivity index (χ1v) is 6.76. The van der Waals surface area contributed by atoms with E-state index >= 15 is 0 Å². The molecule has 3 N–H and O–H groups in total. The predicted molar refractivity (Wildman–Crippen MR) is 82.7 cm³/mol. The summed E-state index contributed by atoms with van der Waals surface area (Å²) in [5.74, 6) is -0.0289. The van der Waals surface area contributed by atoms with E-state index in [1.165, 1.54) is 0 Å². The van der Waals surface area contributed by atoms with Gasteiger partial charge in [-0.3, -0.25) is 9.78 Å². The van der Waals surface area contributed by atoms with Gasteiger partial charge in [0.15, 0.2) is 0 Å². The minimum atomic E-state index is -0.0289. The van der Waals surface area contributed by atoms with Crippen LogP contribution in [0.2, 0.25) is 0 Å². The van der Waals surface area contributed by atoms with Gasteiger partial charge in [-0.05, 0) is 12.5 Å². The number of pyridine rings is 1. The van der Waals surface area contributed by atoms with Gasteiger partial charge in [0.1, 0.15) is 0 Å². The van der Waals surface area contributed by atoms with Crippen LogP contribution in [-0.2, 0) is 4.79 Å². The normalized spacial score (nSPS) is 10.5. The van der Waals surface area contributed by atoms with E-state index in [-0.39, 0.29) is 5.91 Å². The molecule has 0 radical (unpaired) electrons. The molecule has 0 aliphatic heterocycles. The molecule has 0 atom stereocenters. The second kappa shape index (κ2) is 6.23. The number of nitrogen functional groups attached to an aromatic ring is 1. The number of hydrogen-bond donors (Lipinski definition) is 2. The highest BCUT2D eigenvalue weighted by molar-refractivity contribution is 5.98. The number of carbonyl (C=O) groups excluding carboxylic acids is 1. The Morgan fingerprint density at radius 2 is 2.15 bits per heavy atom. The van der Waals surface area contributed by atoms with Gasteiger partial charge in [-0.25, -0.2) is 0 Å². The maximum Gasteiger partial charge on any atom is 0.239 e. The predicted octanol–water partition coefficient (Wildman–Crippen LogP) is 1.78. The second-order valence-electron chi connectivity index (χ2n) is 4.67. The quantitative estimate of drug-likeness (QED) is 0.870. The summed E-state index contributed by atoms with van der Waals surface area (Å²) in [4.78, 5) is 18.1. The Morgan fingerprint density at radius 3 is 2.85 bits per heavy atom. The van der Waals surface area contributed by atoms with Crippen LogP contribution in [0.3, 0.4) is 0 Å². The van der Waals surface area contributed by atoms with Crippen molar-refractivity contribution >= 4 is 28.2 Å². The third kappa shape index (κ3) is 2.82. The molecule has 1 amide bonds. The van der Waals surface area contributed by atoms with Gasteiger partial charge in [0.05, 0.1) is 29.6 Å². The molecule has 0 saturated carbocycles. The fraction of sp³-hybridized carbons (Fsp3) is 0.333. The number of benzene rings is 1. The van der Waals surface area contributed by atoms with E-state index in [2.05, 4.69) is 17.2 Å². The standard InChI is InChI=1S/C15H20N4O/c1-3-8-19(10-14(20)17-2)15-11-6-4-5-7-13(11)18-9-12(15)16/h4-7,9H,3,8,10,16H2,1-2H3,(H,17,20). The van der Waals surface area contributed by atoms with Crippen LogP contribution in [0.15, 0.2) is 30.5 Å². The molecule has 2 aromatic rings. The number of aromatic nitrogens is 1. The molecule has 1 aromatic heterocycles. The molecule has 2 rings (SSSR count). The Labute approximate surface area is 118 Å². The Balaban J connectivity index is 2.51. The molecule has 0 unspecified atom stereocenters. The van der Waals surface area contributed by atoms with E-state index in [4.69, 9.17) is 5.73 Å². The highest BCUT2D eigenvalue weighted by Crippen LogP contribution is 2.31. The van der Waals surface area contributed by atoms with E-state index in [1.54, 1.807) is 13.2 Å². The van der Waals surface area contributed by atoms with Crippen molar-refractivity contribution in [2.75, 3.05) is 30.8 Å². The average Bonchev–Trinajstić information content (AvgIpc) is 2.46. The van der Waals surface area contributed by atoms with Crippen LogP contribution >= 0.6 is 0 Å². The van der Waals surface area contributed by atoms with E-state index in [0.29, 0.717) is 12.2 Å². The second-order valence-corrected chi connectivity index (χ2v) is 4.67. The number of amides is 1. The minimum absolute atomic E-state index is 0.0289. The maximum absolute atomic E-state index is 11.7. The first-order valence-electron chi connectivity index (χ1n) is 6.76. The first kappa shape index (κ1) is 14.1. The van der Waals surface area contributed by atoms with Crippen molar-refractivity contribution in [2.45, 2.75) is 13.3 Å². The molecule has 0 bridgehead atoms. The van der Waals surface area contributed by atoms with Gasteiger partial charge in [-0.2, -0.15) is 0 Å². The van der Waals surface area contributed by atoms with Gasteiger partial charge >= 0.3 is 0 Å². The van der Waals surface area contributed by atoms with Crippen molar-refractivity contribution in [3.63, 3.8) is 0 Å². The lowest BCUT2D eigenvalue weighted by Crippen LogP contribution is -2.36. The molecule has 0 fully saturated rings. The summed E-state index contributed by atoms with van der Waals surface area (Å²) in [5, 5.41) is 3.63. The lowest BCUT2D eigenvalue weighted by Gasteiger charge is -2.26. The number of carbonyl (C=O) groups is 1. The van der Waals surface area contributed by atoms with Crippen LogP contribution in [-0.4, -0.2) is 31.0 Å². The Bertz CT molecular complexity index is 612. The number of anilines is 2. The topological polar surface area (TPSA) is 71.2 Å². The summed E-state index contributed by atoms with van der Waals surface area (Å²) in [5.41, 5.74) is 8.47. The molecule has 5 heteroatoms. The van der Waals surface area contributed by atoms with Crippen LogP contribution in [0.5, 0.6) is 0 Å². The molecule has 0 spiro atoms. The molecule has 5 nitrogen and oxygen atoms in total. The van der Waals surface area contributed by atoms with E-state index in [9.17, 15) is 4.79 Å². The minimum Gasteiger partial charge on any atom is -0.396 e. The van der Waals surface area contributed by atoms with E-state index < -0.39 is 0 Å². The molecular formula is C15H20N4O. The SMILES string of the molecule is CCCN(CC(=O)NC)c1c(N)cnc2ccccc12. The van der Waals surface area contributed by atoms with Gasteiger partial charge in [0.25, 0.3) is 0 Å². The molecule has 106 valence electrons. The van der Waals surface area contributed by atoms with Crippen molar-refractivity contribution in [3.8, 4) is 0 Å². The van der Waals surface area contributed by atoms with E-state index in [1.807, 2.05) is 29.2 Å². The summed E-state index contributed by atoms with van der Waals surface area (Å²) < 4.78 is 0. The van der Waals surface area contributed by atoms with Crippen molar-refractivity contribution < 1.29 is 4.79 Å². The largest absolute Gasteiger partial charge is 0.396 e. The van der Waals surface area contributed by atoms with Crippen molar-refractivity contribution in [1.82, 2.24) is 10.3 Å². The van der Waals surface area contributed by atoms with Crippen LogP contribution < -0.4 is 16.0 Å². The molecule has 20 heavy (non-hydrogen) atoms. The number of hydrogen-bond acceptors (Lipinski definition) is 4. The highest BCUT2D eigenvalue weighted by Gasteiger charge is 2.16. The Hall–Kier alpha value is -2.30. The smallest absolute Gasteiger partial charge is 0.239 e. The molecular weight excluding hydrogens is 252 g/mol. The van der Waals surface area contributed by atoms with Gasteiger partial charge in [-0.15, -0.1) is 0 Å². The zero-order valence-corrected chi connectivity index (χ0v) is 11.9. The van der Waals surface area contributed by atoms with Crippen molar-refractivity contribution in [3.05, 3.63) is 30.5 Å². The molecule has 0 aliphatic rings. The summed E-state index contributed by atoms with van der Waals surface area (Å²) in [7, 11) is 1.64. The summed E-state index contributed by atoms with van der Waals surface area (Å²) in [6.45, 7) is 3.14.